The van der Waals surface area contributed by atoms with E-state index < -0.39 is 0 Å². The number of furan rings is 1. The van der Waals surface area contributed by atoms with Gasteiger partial charge < -0.3 is 9.15 Å². The molecule has 0 fully saturated rings. The smallest absolute Gasteiger partial charge is 0.185 e. The maximum absolute atomic E-state index is 12.8. The molecule has 1 atom stereocenters. The fourth-order valence-corrected chi connectivity index (χ4v) is 4.23. The number of ketones is 1. The van der Waals surface area contributed by atoms with E-state index in [1.165, 1.54) is 0 Å². The number of benzene rings is 1. The average molecular weight is 402 g/mol. The van der Waals surface area contributed by atoms with E-state index in [0.29, 0.717) is 24.2 Å². The number of ether oxygens (including phenoxy) is 1. The third-order valence-corrected chi connectivity index (χ3v) is 5.67. The largest absolute Gasteiger partial charge is 0.496 e. The van der Waals surface area contributed by atoms with Crippen LogP contribution in [0.4, 0.5) is 0 Å². The van der Waals surface area contributed by atoms with Crippen LogP contribution in [0.15, 0.2) is 47.1 Å². The van der Waals surface area contributed by atoms with Crippen LogP contribution >= 0.6 is 0 Å². The van der Waals surface area contributed by atoms with Crippen molar-refractivity contribution in [2.45, 2.75) is 38.5 Å². The Labute approximate surface area is 173 Å². The molecule has 3 heterocycles. The van der Waals surface area contributed by atoms with E-state index in [1.54, 1.807) is 17.9 Å². The number of fused-ring (bicyclic) bond motifs is 3. The monoisotopic (exact) mass is 402 g/mol. The molecule has 7 nitrogen and oxygen atoms in total. The third-order valence-electron chi connectivity index (χ3n) is 5.67. The molecule has 7 heteroatoms. The van der Waals surface area contributed by atoms with Gasteiger partial charge in [-0.2, -0.15) is 5.10 Å². The molecule has 5 rings (SSSR count). The average Bonchev–Trinajstić information content (AvgIpc) is 3.41. The molecule has 0 saturated carbocycles. The van der Waals surface area contributed by atoms with Gasteiger partial charge in [0.05, 0.1) is 30.3 Å². The van der Waals surface area contributed by atoms with Crippen LogP contribution in [0.3, 0.4) is 0 Å². The quantitative estimate of drug-likeness (QED) is 0.502. The number of hydrogen-bond donors (Lipinski definition) is 0. The predicted octanol–water partition coefficient (Wildman–Crippen LogP) is 4.43. The Hall–Kier alpha value is -3.48. The summed E-state index contributed by atoms with van der Waals surface area (Å²) >= 11 is 0. The molecule has 3 aromatic heterocycles. The molecule has 0 N–H and O–H groups in total. The summed E-state index contributed by atoms with van der Waals surface area (Å²) in [5, 5.41) is 13.7. The minimum atomic E-state index is -0.0347. The highest BCUT2D eigenvalue weighted by Crippen LogP contribution is 2.39. The van der Waals surface area contributed by atoms with Gasteiger partial charge >= 0.3 is 0 Å². The molecule has 1 aromatic carbocycles. The predicted molar refractivity (Wildman–Crippen MR) is 111 cm³/mol. The van der Waals surface area contributed by atoms with Gasteiger partial charge in [-0.25, -0.2) is 4.52 Å². The number of nitrogens with zero attached hydrogens (tertiary/aromatic N) is 4. The Morgan fingerprint density at radius 1 is 1.13 bits per heavy atom. The van der Waals surface area contributed by atoms with E-state index in [9.17, 15) is 4.79 Å². The zero-order valence-corrected chi connectivity index (χ0v) is 17.1. The summed E-state index contributed by atoms with van der Waals surface area (Å²) in [6, 6.07) is 11.6. The van der Waals surface area contributed by atoms with Gasteiger partial charge in [0.2, 0.25) is 0 Å². The molecule has 0 spiro atoms. The molecule has 0 radical (unpaired) electrons. The standard InChI is InChI=1S/C23H22N4O3/c1-13(2)21-20(15-7-4-5-8-19(15)29-3)23-25-24-22-16(27(23)26-21)11-14(12-17(22)28)18-9-6-10-30-18/h4-10,13-14H,11-12H2,1-3H3/t14-/m0/s1. The van der Waals surface area contributed by atoms with Crippen molar-refractivity contribution in [2.75, 3.05) is 7.11 Å². The topological polar surface area (TPSA) is 82.5 Å². The van der Waals surface area contributed by atoms with Crippen LogP contribution < -0.4 is 4.74 Å². The Bertz CT molecular complexity index is 1240. The van der Waals surface area contributed by atoms with E-state index in [4.69, 9.17) is 14.3 Å². The Morgan fingerprint density at radius 2 is 1.97 bits per heavy atom. The molecule has 0 saturated heterocycles. The van der Waals surface area contributed by atoms with E-state index in [2.05, 4.69) is 24.0 Å². The van der Waals surface area contributed by atoms with Crippen molar-refractivity contribution in [3.05, 3.63) is 65.5 Å². The number of rotatable bonds is 4. The Balaban J connectivity index is 1.75. The lowest BCUT2D eigenvalue weighted by molar-refractivity contribution is 0.0951. The van der Waals surface area contributed by atoms with Gasteiger partial charge in [-0.05, 0) is 24.1 Å². The van der Waals surface area contributed by atoms with Gasteiger partial charge in [-0.1, -0.05) is 32.0 Å². The van der Waals surface area contributed by atoms with Crippen molar-refractivity contribution in [1.82, 2.24) is 19.8 Å². The summed E-state index contributed by atoms with van der Waals surface area (Å²) in [5.41, 5.74) is 4.52. The highest BCUT2D eigenvalue weighted by molar-refractivity contribution is 5.97. The number of para-hydroxylation sites is 1. The summed E-state index contributed by atoms with van der Waals surface area (Å²) in [4.78, 5) is 12.8. The number of methoxy groups -OCH3 is 1. The SMILES string of the molecule is COc1ccccc1-c1c(C(C)C)nn2c3c(nnc12)C(=O)C[C@@H](c1ccco1)C3. The molecular weight excluding hydrogens is 380 g/mol. The fraction of sp³-hybridized carbons (Fsp3) is 0.304. The first kappa shape index (κ1) is 18.5. The number of carbonyl (C=O) groups is 1. The van der Waals surface area contributed by atoms with E-state index in [1.807, 2.05) is 36.4 Å². The van der Waals surface area contributed by atoms with Crippen LogP contribution in [0.2, 0.25) is 0 Å². The maximum Gasteiger partial charge on any atom is 0.185 e. The van der Waals surface area contributed by atoms with Crippen molar-refractivity contribution in [2.24, 2.45) is 0 Å². The summed E-state index contributed by atoms with van der Waals surface area (Å²) in [6.07, 6.45) is 2.61. The van der Waals surface area contributed by atoms with Crippen molar-refractivity contribution in [3.8, 4) is 16.9 Å². The lowest BCUT2D eigenvalue weighted by Gasteiger charge is -2.21. The molecule has 0 unspecified atom stereocenters. The Morgan fingerprint density at radius 3 is 2.70 bits per heavy atom. The lowest BCUT2D eigenvalue weighted by Crippen LogP contribution is -2.24. The summed E-state index contributed by atoms with van der Waals surface area (Å²) in [6.45, 7) is 4.19. The van der Waals surface area contributed by atoms with E-state index in [-0.39, 0.29) is 17.6 Å². The summed E-state index contributed by atoms with van der Waals surface area (Å²) in [7, 11) is 1.65. The van der Waals surface area contributed by atoms with Crippen molar-refractivity contribution in [1.29, 1.82) is 0 Å². The fourth-order valence-electron chi connectivity index (χ4n) is 4.23. The number of hydrogen-bond acceptors (Lipinski definition) is 6. The number of carbonyl (C=O) groups excluding carboxylic acids is 1. The van der Waals surface area contributed by atoms with Crippen LogP contribution in [0.1, 0.15) is 59.7 Å². The van der Waals surface area contributed by atoms with Gasteiger partial charge in [-0.3, -0.25) is 4.79 Å². The van der Waals surface area contributed by atoms with Gasteiger partial charge in [0.1, 0.15) is 11.5 Å². The first-order valence-electron chi connectivity index (χ1n) is 10.1. The van der Waals surface area contributed by atoms with Gasteiger partial charge in [0.25, 0.3) is 0 Å². The van der Waals surface area contributed by atoms with Crippen LogP contribution in [-0.4, -0.2) is 32.7 Å². The molecule has 152 valence electrons. The zero-order chi connectivity index (χ0) is 20.8. The van der Waals surface area contributed by atoms with Crippen molar-refractivity contribution < 1.29 is 13.9 Å². The Kier molecular flexibility index (Phi) is 4.38. The number of aromatic nitrogens is 4. The normalized spacial score (nSPS) is 16.3. The van der Waals surface area contributed by atoms with E-state index in [0.717, 1.165) is 34.0 Å². The second kappa shape index (κ2) is 7.09. The molecule has 1 aliphatic rings. The van der Waals surface area contributed by atoms with E-state index >= 15 is 0 Å². The molecule has 30 heavy (non-hydrogen) atoms. The third kappa shape index (κ3) is 2.81. The molecule has 0 amide bonds. The summed E-state index contributed by atoms with van der Waals surface area (Å²) < 4.78 is 13.0. The van der Waals surface area contributed by atoms with Crippen molar-refractivity contribution >= 4 is 11.4 Å². The van der Waals surface area contributed by atoms with Crippen molar-refractivity contribution in [3.63, 3.8) is 0 Å². The lowest BCUT2D eigenvalue weighted by atomic mass is 9.87. The zero-order valence-electron chi connectivity index (χ0n) is 17.1. The highest BCUT2D eigenvalue weighted by atomic mass is 16.5. The highest BCUT2D eigenvalue weighted by Gasteiger charge is 2.33. The molecular formula is C23H22N4O3. The first-order chi connectivity index (χ1) is 14.6. The minimum Gasteiger partial charge on any atom is -0.496 e. The molecule has 1 aliphatic carbocycles. The van der Waals surface area contributed by atoms with Crippen LogP contribution in [0.5, 0.6) is 5.75 Å². The molecule has 4 aromatic rings. The maximum atomic E-state index is 12.8. The van der Waals surface area contributed by atoms with Gasteiger partial charge in [0, 0.05) is 24.3 Å². The minimum absolute atomic E-state index is 0.0335. The van der Waals surface area contributed by atoms with Gasteiger partial charge in [0.15, 0.2) is 17.1 Å². The van der Waals surface area contributed by atoms with Crippen LogP contribution in [-0.2, 0) is 6.42 Å². The summed E-state index contributed by atoms with van der Waals surface area (Å²) in [5.74, 6) is 1.64. The second-order valence-electron chi connectivity index (χ2n) is 7.89. The first-order valence-corrected chi connectivity index (χ1v) is 10.1. The van der Waals surface area contributed by atoms with Crippen LogP contribution in [0.25, 0.3) is 16.8 Å². The van der Waals surface area contributed by atoms with Crippen LogP contribution in [0, 0.1) is 0 Å². The molecule has 0 aliphatic heterocycles. The van der Waals surface area contributed by atoms with Gasteiger partial charge in [-0.15, -0.1) is 10.2 Å². The second-order valence-corrected chi connectivity index (χ2v) is 7.89. The molecule has 0 bridgehead atoms. The number of Topliss-reactive ketones (excluding diaryl/α,β-unsaturated/α-hetero) is 1.